The molecule has 0 amide bonds. The van der Waals surface area contributed by atoms with Crippen LogP contribution in [0.5, 0.6) is 0 Å². The number of aliphatic hydroxyl groups is 4. The number of ketones is 1. The van der Waals surface area contributed by atoms with E-state index in [2.05, 4.69) is 4.18 Å². The first kappa shape index (κ1) is 21.4. The molecule has 0 aliphatic carbocycles. The zero-order valence-electron chi connectivity index (χ0n) is 14.0. The maximum atomic E-state index is 11.6. The van der Waals surface area contributed by atoms with E-state index < -0.39 is 65.0 Å². The highest BCUT2D eigenvalue weighted by atomic mass is 32.2. The smallest absolute Gasteiger partial charge is 0.267 e. The highest BCUT2D eigenvalue weighted by Crippen LogP contribution is 2.36. The van der Waals surface area contributed by atoms with Crippen molar-refractivity contribution in [1.29, 1.82) is 0 Å². The highest BCUT2D eigenvalue weighted by molar-refractivity contribution is 7.86. The molecule has 0 aromatic rings. The SMILES string of the molecule is CCS(=O)(=O)OC[C@@H](O)CC1OC(O)(C(C)=O)CC(O)C1[C@@H](C)O. The number of aliphatic hydroxyl groups excluding tert-OH is 3. The third-order valence-electron chi connectivity index (χ3n) is 4.11. The summed E-state index contributed by atoms with van der Waals surface area (Å²) >= 11 is 0. The van der Waals surface area contributed by atoms with Gasteiger partial charge in [0, 0.05) is 25.7 Å². The van der Waals surface area contributed by atoms with Crippen LogP contribution in [0.4, 0.5) is 0 Å². The Morgan fingerprint density at radius 1 is 1.42 bits per heavy atom. The van der Waals surface area contributed by atoms with E-state index in [9.17, 15) is 33.6 Å². The average molecular weight is 370 g/mol. The molecule has 1 aliphatic heterocycles. The fourth-order valence-corrected chi connectivity index (χ4v) is 3.24. The molecule has 4 unspecified atom stereocenters. The van der Waals surface area contributed by atoms with Gasteiger partial charge in [0.2, 0.25) is 5.79 Å². The minimum absolute atomic E-state index is 0.235. The van der Waals surface area contributed by atoms with Crippen molar-refractivity contribution >= 4 is 15.9 Å². The molecule has 1 saturated heterocycles. The molecule has 1 heterocycles. The van der Waals surface area contributed by atoms with Crippen molar-refractivity contribution in [3.05, 3.63) is 0 Å². The van der Waals surface area contributed by atoms with Gasteiger partial charge in [0.15, 0.2) is 5.78 Å². The van der Waals surface area contributed by atoms with Crippen LogP contribution < -0.4 is 0 Å². The van der Waals surface area contributed by atoms with Crippen LogP contribution >= 0.6 is 0 Å². The Morgan fingerprint density at radius 3 is 2.46 bits per heavy atom. The molecule has 6 atom stereocenters. The van der Waals surface area contributed by atoms with Crippen LogP contribution in [0.2, 0.25) is 0 Å². The van der Waals surface area contributed by atoms with Gasteiger partial charge in [-0.2, -0.15) is 8.42 Å². The quantitative estimate of drug-likeness (QED) is 0.375. The first-order valence-electron chi connectivity index (χ1n) is 7.74. The summed E-state index contributed by atoms with van der Waals surface area (Å²) in [4.78, 5) is 11.6. The molecule has 0 bridgehead atoms. The monoisotopic (exact) mass is 370 g/mol. The summed E-state index contributed by atoms with van der Waals surface area (Å²) < 4.78 is 32.5. The molecule has 0 aromatic carbocycles. The normalized spacial score (nSPS) is 33.9. The molecule has 1 rings (SSSR count). The summed E-state index contributed by atoms with van der Waals surface area (Å²) in [6, 6.07) is 0. The predicted octanol–water partition coefficient (Wildman–Crippen LogP) is -1.47. The van der Waals surface area contributed by atoms with Crippen molar-refractivity contribution in [2.24, 2.45) is 5.92 Å². The van der Waals surface area contributed by atoms with Gasteiger partial charge in [-0.15, -0.1) is 0 Å². The second-order valence-electron chi connectivity index (χ2n) is 6.11. The second-order valence-corrected chi connectivity index (χ2v) is 8.04. The maximum absolute atomic E-state index is 11.6. The van der Waals surface area contributed by atoms with Crippen molar-refractivity contribution in [2.45, 2.75) is 63.8 Å². The van der Waals surface area contributed by atoms with E-state index in [1.165, 1.54) is 13.8 Å². The maximum Gasteiger partial charge on any atom is 0.267 e. The summed E-state index contributed by atoms with van der Waals surface area (Å²) in [6.07, 6.45) is -5.25. The summed E-state index contributed by atoms with van der Waals surface area (Å²) in [6.45, 7) is 3.36. The van der Waals surface area contributed by atoms with Crippen LogP contribution in [0.3, 0.4) is 0 Å². The molecule has 142 valence electrons. The standard InChI is InChI=1S/C14H26O9S/c1-4-24(20,21)22-7-10(17)5-12-13(8(2)15)11(18)6-14(19,23-12)9(3)16/h8,10-13,15,17-19H,4-7H2,1-3H3/t8-,10+,11?,12?,13?,14?/m1/s1. The largest absolute Gasteiger partial charge is 0.393 e. The van der Waals surface area contributed by atoms with Gasteiger partial charge in [-0.25, -0.2) is 0 Å². The molecule has 0 saturated carbocycles. The second kappa shape index (κ2) is 8.17. The fraction of sp³-hybridized carbons (Fsp3) is 0.929. The number of ether oxygens (including phenoxy) is 1. The first-order chi connectivity index (χ1) is 10.9. The van der Waals surface area contributed by atoms with E-state index in [-0.39, 0.29) is 12.2 Å². The van der Waals surface area contributed by atoms with Crippen LogP contribution in [0.25, 0.3) is 0 Å². The topological polar surface area (TPSA) is 151 Å². The Morgan fingerprint density at radius 2 is 2.00 bits per heavy atom. The van der Waals surface area contributed by atoms with E-state index in [1.54, 1.807) is 0 Å². The molecular weight excluding hydrogens is 344 g/mol. The van der Waals surface area contributed by atoms with E-state index in [1.807, 2.05) is 0 Å². The molecule has 1 aliphatic rings. The van der Waals surface area contributed by atoms with Crippen LogP contribution in [0.15, 0.2) is 0 Å². The Bertz CT molecular complexity index is 532. The predicted molar refractivity (Wildman–Crippen MR) is 82.3 cm³/mol. The lowest BCUT2D eigenvalue weighted by Gasteiger charge is -2.44. The number of Topliss-reactive ketones (excluding diaryl/α,β-unsaturated/α-hetero) is 1. The van der Waals surface area contributed by atoms with E-state index >= 15 is 0 Å². The van der Waals surface area contributed by atoms with E-state index in [0.717, 1.165) is 6.92 Å². The summed E-state index contributed by atoms with van der Waals surface area (Å²) in [5, 5.41) is 40.1. The number of rotatable bonds is 8. The van der Waals surface area contributed by atoms with Gasteiger partial charge in [0.25, 0.3) is 10.1 Å². The number of carbonyl (C=O) groups excluding carboxylic acids is 1. The molecule has 1 fully saturated rings. The molecule has 24 heavy (non-hydrogen) atoms. The van der Waals surface area contributed by atoms with Crippen molar-refractivity contribution in [3.8, 4) is 0 Å². The van der Waals surface area contributed by atoms with Crippen molar-refractivity contribution < 1.29 is 42.6 Å². The van der Waals surface area contributed by atoms with Gasteiger partial charge in [-0.3, -0.25) is 8.98 Å². The Hall–Kier alpha value is -0.620. The minimum atomic E-state index is -3.74. The number of hydrogen-bond donors (Lipinski definition) is 4. The third kappa shape index (κ3) is 5.45. The molecule has 4 N–H and O–H groups in total. The Balaban J connectivity index is 2.84. The molecule has 0 spiro atoms. The zero-order valence-corrected chi connectivity index (χ0v) is 14.8. The van der Waals surface area contributed by atoms with E-state index in [0.29, 0.717) is 0 Å². The first-order valence-corrected chi connectivity index (χ1v) is 9.32. The van der Waals surface area contributed by atoms with Gasteiger partial charge in [0.1, 0.15) is 0 Å². The van der Waals surface area contributed by atoms with Gasteiger partial charge in [-0.05, 0) is 13.8 Å². The third-order valence-corrected chi connectivity index (χ3v) is 5.31. The summed E-state index contributed by atoms with van der Waals surface area (Å²) in [5.74, 6) is -4.04. The molecule has 9 nitrogen and oxygen atoms in total. The summed E-state index contributed by atoms with van der Waals surface area (Å²) in [5.41, 5.74) is 0. The molecule has 0 radical (unpaired) electrons. The van der Waals surface area contributed by atoms with Crippen LogP contribution in [0, 0.1) is 5.92 Å². The number of hydrogen-bond acceptors (Lipinski definition) is 9. The molecule has 0 aromatic heterocycles. The van der Waals surface area contributed by atoms with Crippen LogP contribution in [-0.4, -0.2) is 77.2 Å². The van der Waals surface area contributed by atoms with Gasteiger partial charge in [-0.1, -0.05) is 0 Å². The Kier molecular flexibility index (Phi) is 7.29. The molecule has 10 heteroatoms. The van der Waals surface area contributed by atoms with Crippen molar-refractivity contribution in [3.63, 3.8) is 0 Å². The average Bonchev–Trinajstić information content (AvgIpc) is 2.44. The van der Waals surface area contributed by atoms with Crippen molar-refractivity contribution in [2.75, 3.05) is 12.4 Å². The summed E-state index contributed by atoms with van der Waals surface area (Å²) in [7, 11) is -3.74. The lowest BCUT2D eigenvalue weighted by Crippen LogP contribution is -2.58. The Labute approximate surface area is 141 Å². The van der Waals surface area contributed by atoms with E-state index in [4.69, 9.17) is 4.74 Å². The van der Waals surface area contributed by atoms with Crippen LogP contribution in [0.1, 0.15) is 33.6 Å². The highest BCUT2D eigenvalue weighted by Gasteiger charge is 2.50. The lowest BCUT2D eigenvalue weighted by molar-refractivity contribution is -0.285. The molecular formula is C14H26O9S. The fourth-order valence-electron chi connectivity index (χ4n) is 2.71. The van der Waals surface area contributed by atoms with Gasteiger partial charge in [0.05, 0.1) is 36.8 Å². The van der Waals surface area contributed by atoms with Gasteiger partial charge < -0.3 is 25.2 Å². The van der Waals surface area contributed by atoms with Crippen LogP contribution in [-0.2, 0) is 23.8 Å². The number of carbonyl (C=O) groups is 1. The minimum Gasteiger partial charge on any atom is -0.393 e. The van der Waals surface area contributed by atoms with Crippen molar-refractivity contribution in [1.82, 2.24) is 0 Å². The zero-order chi connectivity index (χ0) is 18.7. The lowest BCUT2D eigenvalue weighted by atomic mass is 9.81. The van der Waals surface area contributed by atoms with Gasteiger partial charge >= 0.3 is 0 Å².